The van der Waals surface area contributed by atoms with E-state index in [1.54, 1.807) is 29.0 Å². The molecule has 0 saturated carbocycles. The van der Waals surface area contributed by atoms with Gasteiger partial charge in [0.1, 0.15) is 18.8 Å². The number of fused-ring (bicyclic) bond motifs is 1. The Bertz CT molecular complexity index is 1630. The van der Waals surface area contributed by atoms with Gasteiger partial charge in [-0.15, -0.1) is 0 Å². The second-order valence-corrected chi connectivity index (χ2v) is 9.44. The van der Waals surface area contributed by atoms with Gasteiger partial charge < -0.3 is 20.5 Å². The van der Waals surface area contributed by atoms with Gasteiger partial charge in [-0.3, -0.25) is 14.4 Å². The van der Waals surface area contributed by atoms with Crippen molar-refractivity contribution in [1.29, 1.82) is 0 Å². The molecule has 1 aliphatic rings. The molecule has 9 heteroatoms. The molecule has 0 spiro atoms. The van der Waals surface area contributed by atoms with E-state index in [9.17, 15) is 19.2 Å². The van der Waals surface area contributed by atoms with Crippen molar-refractivity contribution in [2.24, 2.45) is 0 Å². The Morgan fingerprint density at radius 2 is 1.54 bits per heavy atom. The fourth-order valence-corrected chi connectivity index (χ4v) is 4.45. The molecule has 1 fully saturated rings. The minimum Gasteiger partial charge on any atom is -0.337 e. The number of aryl methyl sites for hydroxylation is 2. The Morgan fingerprint density at radius 1 is 0.821 bits per heavy atom. The smallest absolute Gasteiger partial charge is 0.329 e. The number of urea groups is 1. The van der Waals surface area contributed by atoms with Gasteiger partial charge in [-0.05, 0) is 55.8 Å². The lowest BCUT2D eigenvalue weighted by Gasteiger charge is -2.12. The maximum Gasteiger partial charge on any atom is 0.329 e. The first kappa shape index (κ1) is 25.5. The van der Waals surface area contributed by atoms with E-state index in [0.29, 0.717) is 16.9 Å². The maximum atomic E-state index is 13.0. The molecule has 0 radical (unpaired) electrons. The van der Waals surface area contributed by atoms with Crippen LogP contribution in [-0.4, -0.2) is 39.8 Å². The van der Waals surface area contributed by atoms with E-state index in [2.05, 4.69) is 16.0 Å². The molecular weight excluding hydrogens is 494 g/mol. The van der Waals surface area contributed by atoms with Gasteiger partial charge in [0.15, 0.2) is 0 Å². The standard InChI is InChI=1S/C30H27N5O4/c1-19-10-12-22(13-11-19)31-27(36)17-34-16-21(24-8-3-4-9-26(24)34)15-25-29(38)35(30(39)33-25)18-28(37)32-23-7-5-6-20(2)14-23/h3-16H,17-18H2,1-2H3,(H,31,36)(H,32,37)(H,33,39). The highest BCUT2D eigenvalue weighted by atomic mass is 16.2. The third-order valence-corrected chi connectivity index (χ3v) is 6.33. The van der Waals surface area contributed by atoms with Gasteiger partial charge in [0.25, 0.3) is 5.91 Å². The van der Waals surface area contributed by atoms with Crippen molar-refractivity contribution in [1.82, 2.24) is 14.8 Å². The Hall–Kier alpha value is -5.18. The molecule has 0 atom stereocenters. The molecule has 3 aromatic carbocycles. The first-order chi connectivity index (χ1) is 18.8. The number of aromatic nitrogens is 1. The van der Waals surface area contributed by atoms with E-state index >= 15 is 0 Å². The Balaban J connectivity index is 1.33. The molecule has 1 aliphatic heterocycles. The minimum atomic E-state index is -0.674. The summed E-state index contributed by atoms with van der Waals surface area (Å²) in [5.41, 5.74) is 4.87. The summed E-state index contributed by atoms with van der Waals surface area (Å²) in [5.74, 6) is -1.29. The van der Waals surface area contributed by atoms with E-state index in [-0.39, 0.29) is 18.1 Å². The summed E-state index contributed by atoms with van der Waals surface area (Å²) in [6, 6.07) is 21.6. The molecule has 196 valence electrons. The molecule has 2 heterocycles. The van der Waals surface area contributed by atoms with Crippen LogP contribution in [0.4, 0.5) is 16.2 Å². The van der Waals surface area contributed by atoms with Crippen LogP contribution < -0.4 is 16.0 Å². The quantitative estimate of drug-likeness (QED) is 0.247. The summed E-state index contributed by atoms with van der Waals surface area (Å²) >= 11 is 0. The van der Waals surface area contributed by atoms with Crippen LogP contribution in [0.1, 0.15) is 16.7 Å². The average molecular weight is 522 g/mol. The number of nitrogens with zero attached hydrogens (tertiary/aromatic N) is 2. The summed E-state index contributed by atoms with van der Waals surface area (Å²) in [4.78, 5) is 51.7. The number of imide groups is 1. The van der Waals surface area contributed by atoms with Crippen LogP contribution in [0.5, 0.6) is 0 Å². The number of amides is 5. The van der Waals surface area contributed by atoms with Crippen LogP contribution in [0.15, 0.2) is 84.7 Å². The minimum absolute atomic E-state index is 0.0513. The number of carbonyl (C=O) groups excluding carboxylic acids is 4. The third-order valence-electron chi connectivity index (χ3n) is 6.33. The zero-order valence-corrected chi connectivity index (χ0v) is 21.5. The van der Waals surface area contributed by atoms with Gasteiger partial charge in [0, 0.05) is 34.0 Å². The zero-order valence-electron chi connectivity index (χ0n) is 21.5. The van der Waals surface area contributed by atoms with Crippen LogP contribution in [0.2, 0.25) is 0 Å². The van der Waals surface area contributed by atoms with Gasteiger partial charge >= 0.3 is 6.03 Å². The number of nitrogens with one attached hydrogen (secondary N) is 3. The topological polar surface area (TPSA) is 113 Å². The molecule has 5 amide bonds. The van der Waals surface area contributed by atoms with Gasteiger partial charge in [0.2, 0.25) is 11.8 Å². The average Bonchev–Trinajstić information content (AvgIpc) is 3.37. The van der Waals surface area contributed by atoms with Gasteiger partial charge in [-0.2, -0.15) is 0 Å². The number of hydrogen-bond donors (Lipinski definition) is 3. The highest BCUT2D eigenvalue weighted by Crippen LogP contribution is 2.25. The second kappa shape index (κ2) is 10.7. The molecular formula is C30H27N5O4. The maximum absolute atomic E-state index is 13.0. The lowest BCUT2D eigenvalue weighted by molar-refractivity contribution is -0.127. The Morgan fingerprint density at radius 3 is 2.31 bits per heavy atom. The summed E-state index contributed by atoms with van der Waals surface area (Å²) in [7, 11) is 0. The second-order valence-electron chi connectivity index (χ2n) is 9.44. The molecule has 1 aromatic heterocycles. The lowest BCUT2D eigenvalue weighted by atomic mass is 10.1. The zero-order chi connectivity index (χ0) is 27.5. The Labute approximate surface area is 225 Å². The number of benzene rings is 3. The summed E-state index contributed by atoms with van der Waals surface area (Å²) < 4.78 is 1.79. The van der Waals surface area contributed by atoms with Crippen molar-refractivity contribution in [3.05, 3.63) is 101 Å². The number of anilines is 2. The predicted octanol–water partition coefficient (Wildman–Crippen LogP) is 4.43. The van der Waals surface area contributed by atoms with Crippen LogP contribution in [0.3, 0.4) is 0 Å². The van der Waals surface area contributed by atoms with Crippen molar-refractivity contribution < 1.29 is 19.2 Å². The monoisotopic (exact) mass is 521 g/mol. The van der Waals surface area contributed by atoms with Gasteiger partial charge in [0.05, 0.1) is 0 Å². The summed E-state index contributed by atoms with van der Waals surface area (Å²) in [5, 5.41) is 8.97. The van der Waals surface area contributed by atoms with Crippen molar-refractivity contribution in [2.75, 3.05) is 17.2 Å². The molecule has 0 aliphatic carbocycles. The van der Waals surface area contributed by atoms with Crippen molar-refractivity contribution in [3.63, 3.8) is 0 Å². The molecule has 0 unspecified atom stereocenters. The normalized spacial score (nSPS) is 14.1. The van der Waals surface area contributed by atoms with Crippen LogP contribution in [0.25, 0.3) is 17.0 Å². The third kappa shape index (κ3) is 5.72. The highest BCUT2D eigenvalue weighted by Gasteiger charge is 2.35. The highest BCUT2D eigenvalue weighted by molar-refractivity contribution is 6.16. The fourth-order valence-electron chi connectivity index (χ4n) is 4.45. The van der Waals surface area contributed by atoms with E-state index in [1.807, 2.05) is 74.5 Å². The first-order valence-electron chi connectivity index (χ1n) is 12.4. The first-order valence-corrected chi connectivity index (χ1v) is 12.4. The van der Waals surface area contributed by atoms with E-state index in [4.69, 9.17) is 0 Å². The number of hydrogen-bond acceptors (Lipinski definition) is 4. The molecule has 5 rings (SSSR count). The van der Waals surface area contributed by atoms with Crippen molar-refractivity contribution in [2.45, 2.75) is 20.4 Å². The molecule has 9 nitrogen and oxygen atoms in total. The molecule has 0 bridgehead atoms. The van der Waals surface area contributed by atoms with E-state index < -0.39 is 24.4 Å². The molecule has 4 aromatic rings. The predicted molar refractivity (Wildman–Crippen MR) is 150 cm³/mol. The van der Waals surface area contributed by atoms with Gasteiger partial charge in [-0.25, -0.2) is 9.69 Å². The van der Waals surface area contributed by atoms with Gasteiger partial charge in [-0.1, -0.05) is 48.0 Å². The number of carbonyl (C=O) groups is 4. The summed E-state index contributed by atoms with van der Waals surface area (Å²) in [6.07, 6.45) is 3.33. The fraction of sp³-hybridized carbons (Fsp3) is 0.133. The lowest BCUT2D eigenvalue weighted by Crippen LogP contribution is -2.38. The van der Waals surface area contributed by atoms with Crippen molar-refractivity contribution in [3.8, 4) is 0 Å². The van der Waals surface area contributed by atoms with E-state index in [1.165, 1.54) is 0 Å². The summed E-state index contributed by atoms with van der Waals surface area (Å²) in [6.45, 7) is 3.52. The van der Waals surface area contributed by atoms with Crippen LogP contribution in [-0.2, 0) is 20.9 Å². The van der Waals surface area contributed by atoms with Crippen LogP contribution >= 0.6 is 0 Å². The van der Waals surface area contributed by atoms with E-state index in [0.717, 1.165) is 26.9 Å². The number of para-hydroxylation sites is 1. The molecule has 1 saturated heterocycles. The number of rotatable bonds is 7. The van der Waals surface area contributed by atoms with Crippen molar-refractivity contribution >= 4 is 52.1 Å². The molecule has 39 heavy (non-hydrogen) atoms. The largest absolute Gasteiger partial charge is 0.337 e. The SMILES string of the molecule is Cc1ccc(NC(=O)Cn2cc(C=C3NC(=O)N(CC(=O)Nc4cccc(C)c4)C3=O)c3ccccc32)cc1. The Kier molecular flexibility index (Phi) is 6.96. The molecule has 3 N–H and O–H groups in total. The van der Waals surface area contributed by atoms with Crippen LogP contribution in [0, 0.1) is 13.8 Å².